The van der Waals surface area contributed by atoms with Gasteiger partial charge >= 0.3 is 0 Å². The van der Waals surface area contributed by atoms with E-state index in [9.17, 15) is 0 Å². The van der Waals surface area contributed by atoms with Crippen LogP contribution in [0.2, 0.25) is 0 Å². The summed E-state index contributed by atoms with van der Waals surface area (Å²) in [7, 11) is 0. The van der Waals surface area contributed by atoms with Gasteiger partial charge in [-0.05, 0) is 38.0 Å². The lowest BCUT2D eigenvalue weighted by molar-refractivity contribution is 0.350. The standard InChI is InChI=1S/C15H20N6/c1-4-13-14(5-1)17-10-18-15(13)20-6-2-3-12(7-20)8-21-11-16-9-19-21/h9-12H,1-8H2. The van der Waals surface area contributed by atoms with E-state index in [4.69, 9.17) is 0 Å². The van der Waals surface area contributed by atoms with Crippen LogP contribution >= 0.6 is 0 Å². The number of fused-ring (bicyclic) bond motifs is 1. The van der Waals surface area contributed by atoms with E-state index >= 15 is 0 Å². The minimum absolute atomic E-state index is 0.618. The number of piperidine rings is 1. The van der Waals surface area contributed by atoms with Crippen molar-refractivity contribution in [2.45, 2.75) is 38.6 Å². The molecule has 0 saturated carbocycles. The van der Waals surface area contributed by atoms with Crippen LogP contribution in [0.25, 0.3) is 0 Å². The van der Waals surface area contributed by atoms with E-state index in [0.717, 1.165) is 32.5 Å². The summed E-state index contributed by atoms with van der Waals surface area (Å²) in [5.74, 6) is 1.80. The van der Waals surface area contributed by atoms with E-state index in [2.05, 4.69) is 25.0 Å². The van der Waals surface area contributed by atoms with Gasteiger partial charge in [-0.2, -0.15) is 5.10 Å². The lowest BCUT2D eigenvalue weighted by atomic mass is 9.97. The maximum atomic E-state index is 4.59. The molecule has 2 aromatic heterocycles. The molecule has 2 aliphatic rings. The molecule has 110 valence electrons. The van der Waals surface area contributed by atoms with E-state index in [-0.39, 0.29) is 0 Å². The van der Waals surface area contributed by atoms with Crippen molar-refractivity contribution in [2.24, 2.45) is 5.92 Å². The normalized spacial score (nSPS) is 21.5. The summed E-state index contributed by atoms with van der Waals surface area (Å²) in [5.41, 5.74) is 2.65. The van der Waals surface area contributed by atoms with Gasteiger partial charge in [0.15, 0.2) is 0 Å². The Labute approximate surface area is 124 Å². The number of aryl methyl sites for hydroxylation is 1. The lowest BCUT2D eigenvalue weighted by Gasteiger charge is -2.34. The fraction of sp³-hybridized carbons (Fsp3) is 0.600. The van der Waals surface area contributed by atoms with Crippen molar-refractivity contribution in [1.82, 2.24) is 24.7 Å². The molecule has 0 radical (unpaired) electrons. The van der Waals surface area contributed by atoms with Crippen molar-refractivity contribution in [3.63, 3.8) is 0 Å². The summed E-state index contributed by atoms with van der Waals surface area (Å²) in [5, 5.41) is 4.23. The second-order valence-corrected chi connectivity index (χ2v) is 6.05. The molecule has 6 heteroatoms. The zero-order valence-corrected chi connectivity index (χ0v) is 12.1. The highest BCUT2D eigenvalue weighted by Crippen LogP contribution is 2.30. The van der Waals surface area contributed by atoms with E-state index in [1.807, 2.05) is 4.68 Å². The summed E-state index contributed by atoms with van der Waals surface area (Å²) < 4.78 is 1.94. The first-order chi connectivity index (χ1) is 10.4. The summed E-state index contributed by atoms with van der Waals surface area (Å²) in [6.45, 7) is 3.12. The molecule has 6 nitrogen and oxygen atoms in total. The topological polar surface area (TPSA) is 59.7 Å². The maximum absolute atomic E-state index is 4.59. The van der Waals surface area contributed by atoms with Crippen LogP contribution in [0.15, 0.2) is 19.0 Å². The number of hydrogen-bond acceptors (Lipinski definition) is 5. The fourth-order valence-electron chi connectivity index (χ4n) is 3.61. The van der Waals surface area contributed by atoms with Gasteiger partial charge in [0.25, 0.3) is 0 Å². The minimum Gasteiger partial charge on any atom is -0.356 e. The Hall–Kier alpha value is -1.98. The van der Waals surface area contributed by atoms with Crippen molar-refractivity contribution in [2.75, 3.05) is 18.0 Å². The highest BCUT2D eigenvalue weighted by Gasteiger charge is 2.26. The SMILES string of the molecule is c1nc2c(c(N3CCCC(Cn4cncn4)C3)n1)CCC2. The van der Waals surface area contributed by atoms with Gasteiger partial charge in [0.2, 0.25) is 0 Å². The first-order valence-electron chi connectivity index (χ1n) is 7.80. The lowest BCUT2D eigenvalue weighted by Crippen LogP contribution is -2.38. The molecule has 21 heavy (non-hydrogen) atoms. The van der Waals surface area contributed by atoms with Crippen LogP contribution in [0.4, 0.5) is 5.82 Å². The van der Waals surface area contributed by atoms with Crippen LogP contribution in [0.5, 0.6) is 0 Å². The molecule has 1 aliphatic heterocycles. The highest BCUT2D eigenvalue weighted by atomic mass is 15.3. The van der Waals surface area contributed by atoms with Crippen LogP contribution in [0, 0.1) is 5.92 Å². The van der Waals surface area contributed by atoms with Crippen molar-refractivity contribution >= 4 is 5.82 Å². The quantitative estimate of drug-likeness (QED) is 0.854. The Morgan fingerprint density at radius 3 is 3.05 bits per heavy atom. The van der Waals surface area contributed by atoms with Gasteiger partial charge in [0, 0.05) is 30.9 Å². The zero-order valence-electron chi connectivity index (χ0n) is 12.1. The third kappa shape index (κ3) is 2.50. The molecule has 0 amide bonds. The Morgan fingerprint density at radius 1 is 1.14 bits per heavy atom. The van der Waals surface area contributed by atoms with Gasteiger partial charge in [-0.1, -0.05) is 0 Å². The first-order valence-corrected chi connectivity index (χ1v) is 7.80. The minimum atomic E-state index is 0.618. The summed E-state index contributed by atoms with van der Waals surface area (Å²) in [6, 6.07) is 0. The predicted octanol–water partition coefficient (Wildman–Crippen LogP) is 1.47. The van der Waals surface area contributed by atoms with Crippen LogP contribution in [0.1, 0.15) is 30.5 Å². The Morgan fingerprint density at radius 2 is 2.14 bits per heavy atom. The molecule has 0 bridgehead atoms. The fourth-order valence-corrected chi connectivity index (χ4v) is 3.61. The van der Waals surface area contributed by atoms with Crippen LogP contribution < -0.4 is 4.90 Å². The average Bonchev–Trinajstić information content (AvgIpc) is 3.18. The molecule has 1 atom stereocenters. The molecule has 1 aliphatic carbocycles. The Kier molecular flexibility index (Phi) is 3.29. The molecule has 1 saturated heterocycles. The van der Waals surface area contributed by atoms with Gasteiger partial charge in [0.05, 0.1) is 0 Å². The van der Waals surface area contributed by atoms with Gasteiger partial charge < -0.3 is 4.90 Å². The van der Waals surface area contributed by atoms with Crippen molar-refractivity contribution in [3.8, 4) is 0 Å². The van der Waals surface area contributed by atoms with Crippen molar-refractivity contribution in [3.05, 3.63) is 30.2 Å². The second kappa shape index (κ2) is 5.42. The van der Waals surface area contributed by atoms with Crippen molar-refractivity contribution < 1.29 is 0 Å². The number of anilines is 1. The Bertz CT molecular complexity index is 609. The smallest absolute Gasteiger partial charge is 0.137 e. The van der Waals surface area contributed by atoms with Crippen LogP contribution in [-0.4, -0.2) is 37.8 Å². The monoisotopic (exact) mass is 284 g/mol. The number of aromatic nitrogens is 5. The van der Waals surface area contributed by atoms with Gasteiger partial charge in [-0.15, -0.1) is 0 Å². The van der Waals surface area contributed by atoms with E-state index < -0.39 is 0 Å². The first kappa shape index (κ1) is 12.7. The summed E-state index contributed by atoms with van der Waals surface area (Å²) in [6.07, 6.45) is 11.1. The van der Waals surface area contributed by atoms with E-state index in [0.29, 0.717) is 5.92 Å². The largest absolute Gasteiger partial charge is 0.356 e. The summed E-state index contributed by atoms with van der Waals surface area (Å²) in [4.78, 5) is 15.5. The van der Waals surface area contributed by atoms with Gasteiger partial charge in [0.1, 0.15) is 24.8 Å². The van der Waals surface area contributed by atoms with E-state index in [1.54, 1.807) is 19.0 Å². The predicted molar refractivity (Wildman–Crippen MR) is 79.0 cm³/mol. The molecule has 4 rings (SSSR count). The second-order valence-electron chi connectivity index (χ2n) is 6.05. The third-order valence-corrected chi connectivity index (χ3v) is 4.58. The molecule has 1 unspecified atom stereocenters. The van der Waals surface area contributed by atoms with Gasteiger partial charge in [-0.3, -0.25) is 4.68 Å². The third-order valence-electron chi connectivity index (χ3n) is 4.58. The van der Waals surface area contributed by atoms with Crippen LogP contribution in [0.3, 0.4) is 0 Å². The zero-order chi connectivity index (χ0) is 14.1. The molecule has 2 aromatic rings. The summed E-state index contributed by atoms with van der Waals surface area (Å²) >= 11 is 0. The molecule has 3 heterocycles. The molecular weight excluding hydrogens is 264 g/mol. The average molecular weight is 284 g/mol. The van der Waals surface area contributed by atoms with Crippen LogP contribution in [-0.2, 0) is 19.4 Å². The highest BCUT2D eigenvalue weighted by molar-refractivity contribution is 5.50. The molecule has 0 spiro atoms. The molecule has 0 N–H and O–H groups in total. The molecule has 0 aromatic carbocycles. The van der Waals surface area contributed by atoms with Gasteiger partial charge in [-0.25, -0.2) is 15.0 Å². The Balaban J connectivity index is 1.52. The maximum Gasteiger partial charge on any atom is 0.137 e. The molecule has 1 fully saturated rings. The number of hydrogen-bond donors (Lipinski definition) is 0. The van der Waals surface area contributed by atoms with Crippen molar-refractivity contribution in [1.29, 1.82) is 0 Å². The van der Waals surface area contributed by atoms with E-state index in [1.165, 1.54) is 36.3 Å². The number of nitrogens with zero attached hydrogens (tertiary/aromatic N) is 6. The molecular formula is C15H20N6. The number of rotatable bonds is 3.